The molecule has 1 fully saturated rings. The molecule has 8 nitrogen and oxygen atoms in total. The summed E-state index contributed by atoms with van der Waals surface area (Å²) >= 11 is 0. The Kier molecular flexibility index (Phi) is 2.32. The van der Waals surface area contributed by atoms with Crippen LogP contribution in [0.4, 0.5) is 5.82 Å². The van der Waals surface area contributed by atoms with Crippen molar-refractivity contribution in [3.8, 4) is 0 Å². The first-order chi connectivity index (χ1) is 8.31. The molecule has 0 saturated heterocycles. The van der Waals surface area contributed by atoms with E-state index in [1.807, 2.05) is 0 Å². The fourth-order valence-corrected chi connectivity index (χ4v) is 1.54. The van der Waals surface area contributed by atoms with E-state index >= 15 is 0 Å². The SMILES string of the molecule is O=c1cc(NCc2nn[nH]n2)nc(C2CC2)[nH]1. The molecule has 0 aliphatic heterocycles. The largest absolute Gasteiger partial charge is 0.362 e. The number of hydrogen-bond acceptors (Lipinski definition) is 6. The number of aromatic nitrogens is 6. The fourth-order valence-electron chi connectivity index (χ4n) is 1.54. The fraction of sp³-hybridized carbons (Fsp3) is 0.444. The molecule has 0 atom stereocenters. The highest BCUT2D eigenvalue weighted by atomic mass is 16.1. The van der Waals surface area contributed by atoms with Gasteiger partial charge in [0.2, 0.25) is 0 Å². The minimum atomic E-state index is -0.141. The van der Waals surface area contributed by atoms with Gasteiger partial charge >= 0.3 is 0 Å². The molecule has 8 heteroatoms. The van der Waals surface area contributed by atoms with Crippen molar-refractivity contribution >= 4 is 5.82 Å². The summed E-state index contributed by atoms with van der Waals surface area (Å²) in [5, 5.41) is 16.4. The van der Waals surface area contributed by atoms with Crippen molar-refractivity contribution in [2.45, 2.75) is 25.3 Å². The quantitative estimate of drug-likeness (QED) is 0.672. The van der Waals surface area contributed by atoms with Crippen LogP contribution in [0, 0.1) is 0 Å². The molecule has 3 rings (SSSR count). The predicted molar refractivity (Wildman–Crippen MR) is 58.3 cm³/mol. The standard InChI is InChI=1S/C9H11N7O/c17-8-3-6(10-4-7-13-15-16-14-7)11-9(12-8)5-1-2-5/h3,5H,1-2,4H2,(H2,10,11,12,17)(H,13,14,15,16). The van der Waals surface area contributed by atoms with Gasteiger partial charge in [0.15, 0.2) is 5.82 Å². The third kappa shape index (κ3) is 2.30. The highest BCUT2D eigenvalue weighted by Crippen LogP contribution is 2.37. The lowest BCUT2D eigenvalue weighted by Crippen LogP contribution is -2.13. The van der Waals surface area contributed by atoms with Gasteiger partial charge in [-0.15, -0.1) is 10.2 Å². The number of H-pyrrole nitrogens is 2. The first-order valence-corrected chi connectivity index (χ1v) is 5.39. The van der Waals surface area contributed by atoms with Gasteiger partial charge in [-0.3, -0.25) is 4.79 Å². The molecule has 3 N–H and O–H groups in total. The topological polar surface area (TPSA) is 112 Å². The predicted octanol–water partition coefficient (Wildman–Crippen LogP) is -0.228. The molecule has 2 aromatic heterocycles. The van der Waals surface area contributed by atoms with Gasteiger partial charge in [-0.1, -0.05) is 5.21 Å². The van der Waals surface area contributed by atoms with Gasteiger partial charge < -0.3 is 10.3 Å². The van der Waals surface area contributed by atoms with Crippen molar-refractivity contribution in [2.75, 3.05) is 5.32 Å². The zero-order valence-corrected chi connectivity index (χ0v) is 8.97. The van der Waals surface area contributed by atoms with Crippen LogP contribution < -0.4 is 10.9 Å². The van der Waals surface area contributed by atoms with Crippen LogP contribution in [0.3, 0.4) is 0 Å². The van der Waals surface area contributed by atoms with Crippen molar-refractivity contribution in [2.24, 2.45) is 0 Å². The van der Waals surface area contributed by atoms with Crippen LogP contribution in [0.2, 0.25) is 0 Å². The molecule has 1 aliphatic rings. The summed E-state index contributed by atoms with van der Waals surface area (Å²) < 4.78 is 0. The molecule has 1 aliphatic carbocycles. The molecule has 1 saturated carbocycles. The Morgan fingerprint density at radius 2 is 2.35 bits per heavy atom. The Hall–Kier alpha value is -2.25. The molecule has 88 valence electrons. The summed E-state index contributed by atoms with van der Waals surface area (Å²) in [7, 11) is 0. The second kappa shape index (κ2) is 3.96. The molecule has 0 aromatic carbocycles. The maximum Gasteiger partial charge on any atom is 0.252 e. The number of hydrogen-bond donors (Lipinski definition) is 3. The minimum absolute atomic E-state index is 0.141. The van der Waals surface area contributed by atoms with Crippen LogP contribution in [-0.4, -0.2) is 30.6 Å². The van der Waals surface area contributed by atoms with E-state index in [0.717, 1.165) is 18.7 Å². The van der Waals surface area contributed by atoms with Gasteiger partial charge in [-0.25, -0.2) is 4.98 Å². The van der Waals surface area contributed by atoms with E-state index in [4.69, 9.17) is 0 Å². The lowest BCUT2D eigenvalue weighted by Gasteiger charge is -2.04. The van der Waals surface area contributed by atoms with Crippen LogP contribution in [0.1, 0.15) is 30.4 Å². The minimum Gasteiger partial charge on any atom is -0.362 e. The van der Waals surface area contributed by atoms with Crippen LogP contribution in [0.5, 0.6) is 0 Å². The lowest BCUT2D eigenvalue weighted by atomic mass is 10.4. The van der Waals surface area contributed by atoms with E-state index in [1.54, 1.807) is 0 Å². The zero-order chi connectivity index (χ0) is 11.7. The molecule has 0 amide bonds. The summed E-state index contributed by atoms with van der Waals surface area (Å²) in [5.74, 6) is 2.24. The molecule has 2 heterocycles. The van der Waals surface area contributed by atoms with Crippen molar-refractivity contribution in [1.29, 1.82) is 0 Å². The molecule has 0 spiro atoms. The Morgan fingerprint density at radius 1 is 1.47 bits per heavy atom. The Labute approximate surface area is 95.9 Å². The smallest absolute Gasteiger partial charge is 0.252 e. The average molecular weight is 233 g/mol. The Morgan fingerprint density at radius 3 is 3.06 bits per heavy atom. The normalized spacial score (nSPS) is 14.8. The molecular formula is C9H11N7O. The van der Waals surface area contributed by atoms with Crippen LogP contribution in [-0.2, 0) is 6.54 Å². The van der Waals surface area contributed by atoms with Gasteiger partial charge in [-0.2, -0.15) is 5.21 Å². The molecule has 17 heavy (non-hydrogen) atoms. The van der Waals surface area contributed by atoms with Crippen molar-refractivity contribution in [1.82, 2.24) is 30.6 Å². The molecular weight excluding hydrogens is 222 g/mol. The maximum atomic E-state index is 11.4. The van der Waals surface area contributed by atoms with Crippen LogP contribution in [0.25, 0.3) is 0 Å². The van der Waals surface area contributed by atoms with E-state index in [0.29, 0.717) is 24.1 Å². The first-order valence-electron chi connectivity index (χ1n) is 5.39. The monoisotopic (exact) mass is 233 g/mol. The number of nitrogens with one attached hydrogen (secondary N) is 3. The third-order valence-electron chi connectivity index (χ3n) is 2.54. The van der Waals surface area contributed by atoms with Crippen molar-refractivity contribution < 1.29 is 0 Å². The van der Waals surface area contributed by atoms with E-state index in [-0.39, 0.29) is 5.56 Å². The second-order valence-electron chi connectivity index (χ2n) is 3.97. The number of rotatable bonds is 4. The lowest BCUT2D eigenvalue weighted by molar-refractivity contribution is 0.881. The average Bonchev–Trinajstić information content (AvgIpc) is 3.04. The van der Waals surface area contributed by atoms with Crippen molar-refractivity contribution in [3.05, 3.63) is 28.1 Å². The summed E-state index contributed by atoms with van der Waals surface area (Å²) in [5.41, 5.74) is -0.141. The van der Waals surface area contributed by atoms with Gasteiger partial charge in [0.05, 0.1) is 6.54 Å². The number of tetrazole rings is 1. The Bertz CT molecular complexity index is 557. The number of aromatic amines is 2. The van der Waals surface area contributed by atoms with Crippen LogP contribution in [0.15, 0.2) is 10.9 Å². The maximum absolute atomic E-state index is 11.4. The highest BCUT2D eigenvalue weighted by Gasteiger charge is 2.26. The summed E-state index contributed by atoms with van der Waals surface area (Å²) in [6.45, 7) is 0.386. The van der Waals surface area contributed by atoms with Crippen molar-refractivity contribution in [3.63, 3.8) is 0 Å². The molecule has 0 bridgehead atoms. The molecule has 2 aromatic rings. The highest BCUT2D eigenvalue weighted by molar-refractivity contribution is 5.34. The van der Waals surface area contributed by atoms with E-state index in [2.05, 4.69) is 35.9 Å². The van der Waals surface area contributed by atoms with Gasteiger partial charge in [0.25, 0.3) is 5.56 Å². The van der Waals surface area contributed by atoms with Gasteiger partial charge in [0, 0.05) is 12.0 Å². The van der Waals surface area contributed by atoms with Gasteiger partial charge in [-0.05, 0) is 12.8 Å². The van der Waals surface area contributed by atoms with E-state index in [1.165, 1.54) is 6.07 Å². The van der Waals surface area contributed by atoms with E-state index < -0.39 is 0 Å². The number of nitrogens with zero attached hydrogens (tertiary/aromatic N) is 4. The van der Waals surface area contributed by atoms with Gasteiger partial charge in [0.1, 0.15) is 11.6 Å². The van der Waals surface area contributed by atoms with E-state index in [9.17, 15) is 4.79 Å². The second-order valence-corrected chi connectivity index (χ2v) is 3.97. The molecule has 0 unspecified atom stereocenters. The Balaban J connectivity index is 1.75. The first kappa shape index (κ1) is 9.94. The third-order valence-corrected chi connectivity index (χ3v) is 2.54. The zero-order valence-electron chi connectivity index (χ0n) is 8.97. The summed E-state index contributed by atoms with van der Waals surface area (Å²) in [4.78, 5) is 18.5. The number of anilines is 1. The van der Waals surface area contributed by atoms with Crippen LogP contribution >= 0.6 is 0 Å². The summed E-state index contributed by atoms with van der Waals surface area (Å²) in [6.07, 6.45) is 2.19. The molecule has 0 radical (unpaired) electrons. The summed E-state index contributed by atoms with van der Waals surface area (Å²) in [6, 6.07) is 1.42.